The van der Waals surface area contributed by atoms with Crippen LogP contribution >= 0.6 is 11.6 Å². The van der Waals surface area contributed by atoms with Crippen molar-refractivity contribution in [2.45, 2.75) is 6.92 Å². The van der Waals surface area contributed by atoms with Crippen LogP contribution < -0.4 is 14.8 Å². The number of anilines is 1. The zero-order valence-electron chi connectivity index (χ0n) is 10.6. The number of nitrogens with one attached hydrogen (secondary N) is 1. The molecule has 0 aliphatic carbocycles. The van der Waals surface area contributed by atoms with Crippen molar-refractivity contribution in [1.29, 1.82) is 0 Å². The lowest BCUT2D eigenvalue weighted by atomic mass is 10.3. The van der Waals surface area contributed by atoms with Gasteiger partial charge in [-0.3, -0.25) is 0 Å². The van der Waals surface area contributed by atoms with E-state index in [9.17, 15) is 0 Å². The number of halogens is 1. The van der Waals surface area contributed by atoms with E-state index in [2.05, 4.69) is 20.3 Å². The molecule has 0 fully saturated rings. The lowest BCUT2D eigenvalue weighted by Gasteiger charge is -2.07. The summed E-state index contributed by atoms with van der Waals surface area (Å²) in [7, 11) is 1.69. The Morgan fingerprint density at radius 1 is 1.11 bits per heavy atom. The van der Waals surface area contributed by atoms with E-state index >= 15 is 0 Å². The van der Waals surface area contributed by atoms with Crippen LogP contribution in [0.1, 0.15) is 6.92 Å². The van der Waals surface area contributed by atoms with E-state index in [1.165, 1.54) is 0 Å². The van der Waals surface area contributed by atoms with Gasteiger partial charge in [0.2, 0.25) is 11.2 Å². The van der Waals surface area contributed by atoms with Crippen LogP contribution in [0, 0.1) is 0 Å². The summed E-state index contributed by atoms with van der Waals surface area (Å²) in [6.45, 7) is 2.55. The fourth-order valence-corrected chi connectivity index (χ4v) is 1.52. The molecule has 0 saturated heterocycles. The van der Waals surface area contributed by atoms with Gasteiger partial charge < -0.3 is 14.8 Å². The Balaban J connectivity index is 2.14. The van der Waals surface area contributed by atoms with Gasteiger partial charge in [-0.05, 0) is 42.8 Å². The summed E-state index contributed by atoms with van der Waals surface area (Å²) in [5.41, 5.74) is 0. The van der Waals surface area contributed by atoms with E-state index < -0.39 is 0 Å². The highest BCUT2D eigenvalue weighted by Gasteiger charge is 2.06. The van der Waals surface area contributed by atoms with E-state index in [1.807, 2.05) is 6.92 Å². The predicted molar refractivity (Wildman–Crippen MR) is 72.1 cm³/mol. The zero-order valence-corrected chi connectivity index (χ0v) is 11.3. The van der Waals surface area contributed by atoms with Crippen LogP contribution in [0.4, 0.5) is 5.95 Å². The number of ether oxygens (including phenoxy) is 2. The topological polar surface area (TPSA) is 69.2 Å². The molecule has 0 amide bonds. The molecule has 0 spiro atoms. The maximum atomic E-state index is 5.76. The van der Waals surface area contributed by atoms with Gasteiger partial charge in [0.05, 0.1) is 6.61 Å². The third-order valence-electron chi connectivity index (χ3n) is 2.16. The van der Waals surface area contributed by atoms with Gasteiger partial charge in [0.25, 0.3) is 0 Å². The quantitative estimate of drug-likeness (QED) is 0.908. The second-order valence-corrected chi connectivity index (χ2v) is 3.81. The monoisotopic (exact) mass is 280 g/mol. The fraction of sp³-hybridized carbons (Fsp3) is 0.250. The van der Waals surface area contributed by atoms with E-state index in [0.717, 1.165) is 5.75 Å². The Morgan fingerprint density at radius 2 is 1.79 bits per heavy atom. The Hall–Kier alpha value is -2.08. The number of benzene rings is 1. The van der Waals surface area contributed by atoms with E-state index in [4.69, 9.17) is 21.1 Å². The first-order valence-electron chi connectivity index (χ1n) is 5.71. The van der Waals surface area contributed by atoms with Crippen LogP contribution in [0.15, 0.2) is 24.3 Å². The molecule has 100 valence electrons. The van der Waals surface area contributed by atoms with Crippen molar-refractivity contribution in [3.8, 4) is 17.5 Å². The van der Waals surface area contributed by atoms with Crippen molar-refractivity contribution < 1.29 is 9.47 Å². The average Bonchev–Trinajstić information content (AvgIpc) is 2.40. The van der Waals surface area contributed by atoms with Gasteiger partial charge >= 0.3 is 6.01 Å². The summed E-state index contributed by atoms with van der Waals surface area (Å²) < 4.78 is 10.8. The van der Waals surface area contributed by atoms with Crippen molar-refractivity contribution in [3.63, 3.8) is 0 Å². The number of nitrogens with zero attached hydrogens (tertiary/aromatic N) is 3. The van der Waals surface area contributed by atoms with E-state index in [1.54, 1.807) is 31.3 Å². The van der Waals surface area contributed by atoms with Crippen molar-refractivity contribution in [1.82, 2.24) is 15.0 Å². The fourth-order valence-electron chi connectivity index (χ4n) is 1.37. The minimum absolute atomic E-state index is 0.0697. The van der Waals surface area contributed by atoms with Crippen LogP contribution in [-0.2, 0) is 0 Å². The Bertz CT molecular complexity index is 548. The third kappa shape index (κ3) is 3.69. The number of hydrogen-bond donors (Lipinski definition) is 1. The Morgan fingerprint density at radius 3 is 2.42 bits per heavy atom. The van der Waals surface area contributed by atoms with Crippen LogP contribution in [0.3, 0.4) is 0 Å². The molecule has 2 aromatic rings. The van der Waals surface area contributed by atoms with Crippen LogP contribution in [0.2, 0.25) is 5.28 Å². The highest BCUT2D eigenvalue weighted by atomic mass is 35.5. The molecule has 0 bridgehead atoms. The maximum absolute atomic E-state index is 5.76. The predicted octanol–water partition coefficient (Wildman–Crippen LogP) is 2.76. The maximum Gasteiger partial charge on any atom is 0.328 e. The second kappa shape index (κ2) is 6.19. The molecule has 0 unspecified atom stereocenters. The highest BCUT2D eigenvalue weighted by Crippen LogP contribution is 2.22. The van der Waals surface area contributed by atoms with Crippen LogP contribution in [-0.4, -0.2) is 28.6 Å². The minimum Gasteiger partial charge on any atom is -0.494 e. The normalized spacial score (nSPS) is 10.1. The molecule has 19 heavy (non-hydrogen) atoms. The third-order valence-corrected chi connectivity index (χ3v) is 2.32. The van der Waals surface area contributed by atoms with Crippen LogP contribution in [0.25, 0.3) is 0 Å². The summed E-state index contributed by atoms with van der Waals surface area (Å²) >= 11 is 5.76. The van der Waals surface area contributed by atoms with E-state index in [0.29, 0.717) is 18.3 Å². The summed E-state index contributed by atoms with van der Waals surface area (Å²) in [6.07, 6.45) is 0. The van der Waals surface area contributed by atoms with Crippen molar-refractivity contribution >= 4 is 17.5 Å². The molecule has 0 atom stereocenters. The smallest absolute Gasteiger partial charge is 0.328 e. The van der Waals surface area contributed by atoms with Gasteiger partial charge in [0, 0.05) is 7.05 Å². The molecule has 1 N–H and O–H groups in total. The summed E-state index contributed by atoms with van der Waals surface area (Å²) in [5.74, 6) is 1.72. The standard InChI is InChI=1S/C12H13ClN4O2/c1-3-18-8-4-6-9(7-5-8)19-12-16-10(13)15-11(14-2)17-12/h4-7H,3H2,1-2H3,(H,14,15,16,17). The van der Waals surface area contributed by atoms with Gasteiger partial charge in [-0.25, -0.2) is 0 Å². The van der Waals surface area contributed by atoms with Crippen molar-refractivity contribution in [2.75, 3.05) is 19.0 Å². The number of hydrogen-bond acceptors (Lipinski definition) is 6. The number of rotatable bonds is 5. The van der Waals surface area contributed by atoms with Gasteiger partial charge in [-0.2, -0.15) is 15.0 Å². The summed E-state index contributed by atoms with van der Waals surface area (Å²) in [4.78, 5) is 11.8. The molecule has 0 radical (unpaired) electrons. The molecule has 6 nitrogen and oxygen atoms in total. The molecule has 0 aliphatic rings. The molecule has 0 saturated carbocycles. The van der Waals surface area contributed by atoms with Crippen molar-refractivity contribution in [3.05, 3.63) is 29.5 Å². The molecule has 7 heteroatoms. The zero-order chi connectivity index (χ0) is 13.7. The van der Waals surface area contributed by atoms with Gasteiger partial charge in [-0.15, -0.1) is 0 Å². The molecule has 1 aromatic carbocycles. The van der Waals surface area contributed by atoms with Gasteiger partial charge in [0.15, 0.2) is 0 Å². The van der Waals surface area contributed by atoms with Crippen LogP contribution in [0.5, 0.6) is 17.5 Å². The molecule has 1 aromatic heterocycles. The highest BCUT2D eigenvalue weighted by molar-refractivity contribution is 6.28. The minimum atomic E-state index is 0.0697. The molecule has 0 aliphatic heterocycles. The lowest BCUT2D eigenvalue weighted by Crippen LogP contribution is -2.01. The molecular weight excluding hydrogens is 268 g/mol. The SMILES string of the molecule is CCOc1ccc(Oc2nc(Cl)nc(NC)n2)cc1. The van der Waals surface area contributed by atoms with E-state index in [-0.39, 0.29) is 11.3 Å². The Kier molecular flexibility index (Phi) is 4.35. The first-order valence-corrected chi connectivity index (χ1v) is 6.09. The first kappa shape index (κ1) is 13.4. The molecule has 2 rings (SSSR count). The lowest BCUT2D eigenvalue weighted by molar-refractivity contribution is 0.339. The van der Waals surface area contributed by atoms with Crippen molar-refractivity contribution in [2.24, 2.45) is 0 Å². The molecular formula is C12H13ClN4O2. The van der Waals surface area contributed by atoms with Gasteiger partial charge in [-0.1, -0.05) is 0 Å². The first-order chi connectivity index (χ1) is 9.21. The largest absolute Gasteiger partial charge is 0.494 e. The number of aromatic nitrogens is 3. The molecule has 1 heterocycles. The Labute approximate surface area is 115 Å². The summed E-state index contributed by atoms with van der Waals surface area (Å²) in [5, 5.41) is 2.84. The average molecular weight is 281 g/mol. The second-order valence-electron chi connectivity index (χ2n) is 3.47. The summed E-state index contributed by atoms with van der Waals surface area (Å²) in [6, 6.07) is 7.28. The van der Waals surface area contributed by atoms with Gasteiger partial charge in [0.1, 0.15) is 11.5 Å².